The molecule has 0 spiro atoms. The highest BCUT2D eigenvalue weighted by Crippen LogP contribution is 2.41. The number of hydrogen-bond donors (Lipinski definition) is 2. The van der Waals surface area contributed by atoms with Crippen LogP contribution in [0, 0.1) is 5.82 Å². The van der Waals surface area contributed by atoms with Crippen LogP contribution < -0.4 is 15.5 Å². The summed E-state index contributed by atoms with van der Waals surface area (Å²) in [5.41, 5.74) is 3.66. The van der Waals surface area contributed by atoms with Crippen LogP contribution in [0.5, 0.6) is 0 Å². The van der Waals surface area contributed by atoms with Gasteiger partial charge in [-0.1, -0.05) is 36.4 Å². The lowest BCUT2D eigenvalue weighted by molar-refractivity contribution is 0.151. The number of anilines is 2. The summed E-state index contributed by atoms with van der Waals surface area (Å²) in [6.07, 6.45) is 3.38. The Kier molecular flexibility index (Phi) is 7.23. The molecule has 2 aromatic carbocycles. The van der Waals surface area contributed by atoms with E-state index in [4.69, 9.17) is 0 Å². The Balaban J connectivity index is 1.21. The van der Waals surface area contributed by atoms with Crippen LogP contribution >= 0.6 is 0 Å². The Morgan fingerprint density at radius 1 is 1.00 bits per heavy atom. The van der Waals surface area contributed by atoms with Crippen LogP contribution in [0.15, 0.2) is 48.7 Å². The lowest BCUT2D eigenvalue weighted by atomic mass is 10.0. The lowest BCUT2D eigenvalue weighted by Crippen LogP contribution is -2.44. The predicted octanol–water partition coefficient (Wildman–Crippen LogP) is 6.31. The number of aromatic nitrogens is 2. The molecule has 36 heavy (non-hydrogen) atoms. The lowest BCUT2D eigenvalue weighted by Gasteiger charge is -2.36. The maximum Gasteiger partial charge on any atom is 0.265 e. The number of para-hydroxylation sites is 1. The number of halogens is 3. The van der Waals surface area contributed by atoms with Gasteiger partial charge in [0.25, 0.3) is 6.43 Å². The van der Waals surface area contributed by atoms with Crippen molar-refractivity contribution < 1.29 is 13.2 Å². The molecule has 8 heteroatoms. The summed E-state index contributed by atoms with van der Waals surface area (Å²) < 4.78 is 43.2. The number of rotatable bonds is 9. The quantitative estimate of drug-likeness (QED) is 0.364. The SMILES string of the molecule is CC(NC1CCN(c2c(F)cccc2C(F)F)CC1)c1cn(C)nc1NCc1ccccc1C1CC1. The van der Waals surface area contributed by atoms with Gasteiger partial charge in [0.1, 0.15) is 5.82 Å². The number of piperidine rings is 1. The average molecular weight is 498 g/mol. The molecule has 5 nitrogen and oxygen atoms in total. The highest BCUT2D eigenvalue weighted by molar-refractivity contribution is 5.56. The first-order valence-electron chi connectivity index (χ1n) is 12.8. The molecule has 192 valence electrons. The zero-order valence-electron chi connectivity index (χ0n) is 20.9. The minimum atomic E-state index is -2.70. The summed E-state index contributed by atoms with van der Waals surface area (Å²) in [4.78, 5) is 1.76. The van der Waals surface area contributed by atoms with Crippen molar-refractivity contribution in [2.75, 3.05) is 23.3 Å². The Bertz CT molecular complexity index is 1180. The molecule has 2 fully saturated rings. The summed E-state index contributed by atoms with van der Waals surface area (Å²) in [6, 6.07) is 12.8. The first-order valence-corrected chi connectivity index (χ1v) is 12.8. The summed E-state index contributed by atoms with van der Waals surface area (Å²) in [5.74, 6) is 0.981. The van der Waals surface area contributed by atoms with Crippen molar-refractivity contribution in [3.63, 3.8) is 0 Å². The van der Waals surface area contributed by atoms with Crippen molar-refractivity contribution in [3.8, 4) is 0 Å². The van der Waals surface area contributed by atoms with Crippen LogP contribution in [0.25, 0.3) is 0 Å². The summed E-state index contributed by atoms with van der Waals surface area (Å²) >= 11 is 0. The number of hydrogen-bond acceptors (Lipinski definition) is 4. The third-order valence-corrected chi connectivity index (χ3v) is 7.39. The molecule has 5 rings (SSSR count). The van der Waals surface area contributed by atoms with Gasteiger partial charge in [-0.15, -0.1) is 0 Å². The van der Waals surface area contributed by atoms with Gasteiger partial charge in [0.15, 0.2) is 5.82 Å². The molecule has 3 aromatic rings. The van der Waals surface area contributed by atoms with Crippen LogP contribution in [0.3, 0.4) is 0 Å². The highest BCUT2D eigenvalue weighted by atomic mass is 19.3. The van der Waals surface area contributed by atoms with Crippen LogP contribution in [0.1, 0.15) is 73.2 Å². The van der Waals surface area contributed by atoms with Crippen molar-refractivity contribution in [1.82, 2.24) is 15.1 Å². The van der Waals surface area contributed by atoms with Crippen molar-refractivity contribution in [2.45, 2.75) is 63.6 Å². The van der Waals surface area contributed by atoms with Crippen molar-refractivity contribution in [2.24, 2.45) is 7.05 Å². The summed E-state index contributed by atoms with van der Waals surface area (Å²) in [7, 11) is 1.92. The van der Waals surface area contributed by atoms with E-state index in [-0.39, 0.29) is 23.3 Å². The fourth-order valence-electron chi connectivity index (χ4n) is 5.38. The van der Waals surface area contributed by atoms with Crippen LogP contribution in [0.4, 0.5) is 24.7 Å². The molecular formula is C28H34F3N5. The number of nitrogens with zero attached hydrogens (tertiary/aromatic N) is 3. The van der Waals surface area contributed by atoms with Crippen molar-refractivity contribution in [3.05, 3.63) is 76.7 Å². The molecule has 1 saturated heterocycles. The number of aryl methyl sites for hydroxylation is 1. The Morgan fingerprint density at radius 3 is 2.47 bits per heavy atom. The molecule has 2 N–H and O–H groups in total. The minimum Gasteiger partial charge on any atom is -0.369 e. The van der Waals surface area contributed by atoms with E-state index < -0.39 is 12.2 Å². The molecule has 1 aromatic heterocycles. The van der Waals surface area contributed by atoms with E-state index >= 15 is 0 Å². The standard InChI is InChI=1S/C28H34F3N5/c1-18(33-21-12-14-36(15-13-21)26-23(27(30)31)8-5-9-25(26)29)24-17-35(2)34-28(24)32-16-20-6-3-4-7-22(20)19-10-11-19/h3-9,17-19,21,27,33H,10-16H2,1-2H3,(H,32,34). The molecule has 0 radical (unpaired) electrons. The average Bonchev–Trinajstić information content (AvgIpc) is 3.65. The molecule has 1 saturated carbocycles. The van der Waals surface area contributed by atoms with Crippen molar-refractivity contribution in [1.29, 1.82) is 0 Å². The maximum atomic E-state index is 14.4. The first-order chi connectivity index (χ1) is 17.4. The Hall–Kier alpha value is -3.00. The summed E-state index contributed by atoms with van der Waals surface area (Å²) in [6.45, 7) is 3.91. The normalized spacial score (nSPS) is 17.6. The minimum absolute atomic E-state index is 0.0456. The van der Waals surface area contributed by atoms with Crippen LogP contribution in [-0.2, 0) is 13.6 Å². The van der Waals surface area contributed by atoms with E-state index in [1.165, 1.54) is 42.2 Å². The van der Waals surface area contributed by atoms with Gasteiger partial charge in [-0.2, -0.15) is 5.10 Å². The van der Waals surface area contributed by atoms with E-state index in [0.717, 1.165) is 30.8 Å². The molecule has 1 unspecified atom stereocenters. The van der Waals surface area contributed by atoms with Gasteiger partial charge in [0.05, 0.1) is 5.69 Å². The Morgan fingerprint density at radius 2 is 1.75 bits per heavy atom. The van der Waals surface area contributed by atoms with Gasteiger partial charge >= 0.3 is 0 Å². The molecule has 2 aliphatic rings. The molecule has 1 aliphatic carbocycles. The second-order valence-corrected chi connectivity index (χ2v) is 10.1. The second-order valence-electron chi connectivity index (χ2n) is 10.1. The highest BCUT2D eigenvalue weighted by Gasteiger charge is 2.28. The van der Waals surface area contributed by atoms with Gasteiger partial charge in [-0.05, 0) is 55.7 Å². The molecule has 1 aliphatic heterocycles. The topological polar surface area (TPSA) is 45.1 Å². The van der Waals surface area contributed by atoms with Gasteiger partial charge in [0.2, 0.25) is 0 Å². The molecular weight excluding hydrogens is 463 g/mol. The van der Waals surface area contributed by atoms with Gasteiger partial charge < -0.3 is 15.5 Å². The zero-order valence-corrected chi connectivity index (χ0v) is 20.9. The van der Waals surface area contributed by atoms with E-state index in [9.17, 15) is 13.2 Å². The smallest absolute Gasteiger partial charge is 0.265 e. The van der Waals surface area contributed by atoms with Gasteiger partial charge in [-0.3, -0.25) is 4.68 Å². The second kappa shape index (κ2) is 10.5. The maximum absolute atomic E-state index is 14.4. The number of alkyl halides is 2. The monoisotopic (exact) mass is 497 g/mol. The first kappa shape index (κ1) is 24.7. The van der Waals surface area contributed by atoms with E-state index in [1.54, 1.807) is 4.90 Å². The third-order valence-electron chi connectivity index (χ3n) is 7.39. The van der Waals surface area contributed by atoms with Crippen LogP contribution in [0.2, 0.25) is 0 Å². The van der Waals surface area contributed by atoms with Gasteiger partial charge in [-0.25, -0.2) is 13.2 Å². The zero-order chi connectivity index (χ0) is 25.2. The molecule has 1 atom stereocenters. The fraction of sp³-hybridized carbons (Fsp3) is 0.464. The Labute approximate surface area is 210 Å². The number of nitrogens with one attached hydrogen (secondary N) is 2. The van der Waals surface area contributed by atoms with E-state index in [2.05, 4.69) is 46.9 Å². The fourth-order valence-corrected chi connectivity index (χ4v) is 5.38. The van der Waals surface area contributed by atoms with Gasteiger partial charge in [0, 0.05) is 56.1 Å². The molecule has 0 bridgehead atoms. The summed E-state index contributed by atoms with van der Waals surface area (Å²) in [5, 5.41) is 11.9. The molecule has 0 amide bonds. The predicted molar refractivity (Wildman–Crippen MR) is 137 cm³/mol. The number of benzene rings is 2. The van der Waals surface area contributed by atoms with Crippen LogP contribution in [-0.4, -0.2) is 28.9 Å². The largest absolute Gasteiger partial charge is 0.369 e. The third kappa shape index (κ3) is 5.38. The van der Waals surface area contributed by atoms with Crippen molar-refractivity contribution >= 4 is 11.5 Å². The van der Waals surface area contributed by atoms with E-state index in [1.807, 2.05) is 17.9 Å². The molecule has 2 heterocycles. The van der Waals surface area contributed by atoms with E-state index in [0.29, 0.717) is 19.0 Å².